The molecule has 0 radical (unpaired) electrons. The number of rotatable bonds is 12. The van der Waals surface area contributed by atoms with Gasteiger partial charge in [-0.2, -0.15) is 0 Å². The Hall–Kier alpha value is -3.04. The maximum atomic E-state index is 2.37. The van der Waals surface area contributed by atoms with E-state index in [-0.39, 0.29) is 0 Å². The molecule has 0 aliphatic rings. The molecule has 0 spiro atoms. The molecule has 0 unspecified atom stereocenters. The van der Waals surface area contributed by atoms with Crippen molar-refractivity contribution in [1.82, 2.24) is 0 Å². The Labute approximate surface area is 282 Å². The molecule has 0 N–H and O–H groups in total. The lowest BCUT2D eigenvalue weighted by Gasteiger charge is -2.19. The average Bonchev–Trinajstić information content (AvgIpc) is 2.99. The molecule has 0 nitrogen and oxygen atoms in total. The van der Waals surface area contributed by atoms with E-state index in [9.17, 15) is 0 Å². The van der Waals surface area contributed by atoms with Crippen molar-refractivity contribution < 1.29 is 0 Å². The summed E-state index contributed by atoms with van der Waals surface area (Å²) in [5.74, 6) is 0. The van der Waals surface area contributed by atoms with Crippen LogP contribution in [0.2, 0.25) is 0 Å². The predicted molar refractivity (Wildman–Crippen MR) is 205 cm³/mol. The van der Waals surface area contributed by atoms with E-state index in [1.807, 2.05) is 0 Å². The van der Waals surface area contributed by atoms with Gasteiger partial charge >= 0.3 is 0 Å². The molecule has 0 aromatic heterocycles. The standard InChI is InChI=1S/C44H52P2/c1-29-17-21-37(22-18-29)13-9-11-15-39-40(16-12-10-14-38-23-19-30(2)20-24-38)44(46-42-35(7)27-32(4)28-36(42)8)43(39)45-41-33(5)25-31(3)26-34(41)6/h17-28H,9-16H2,1-8H3. The van der Waals surface area contributed by atoms with Crippen LogP contribution in [0.25, 0.3) is 0 Å². The number of benzene rings is 4. The molecule has 238 valence electrons. The lowest BCUT2D eigenvalue weighted by molar-refractivity contribution is 0.699. The van der Waals surface area contributed by atoms with Gasteiger partial charge in [-0.3, -0.25) is 0 Å². The van der Waals surface area contributed by atoms with Crippen LogP contribution in [-0.4, -0.2) is 0 Å². The number of aryl methyl sites for hydroxylation is 10. The highest BCUT2D eigenvalue weighted by atomic mass is 31.1. The van der Waals surface area contributed by atoms with Crippen LogP contribution in [0.15, 0.2) is 72.8 Å². The van der Waals surface area contributed by atoms with Gasteiger partial charge in [-0.25, -0.2) is 0 Å². The first-order valence-corrected chi connectivity index (χ1v) is 19.0. The molecule has 0 saturated heterocycles. The van der Waals surface area contributed by atoms with E-state index in [4.69, 9.17) is 0 Å². The Morgan fingerprint density at radius 3 is 1.00 bits per heavy atom. The third-order valence-electron chi connectivity index (χ3n) is 9.40. The molecule has 0 bridgehead atoms. The SMILES string of the molecule is Cc1ccc(CCCCc2c(CCCCc3ccc(C)cc3)c(=Pc3c(C)cc(C)cc3C)c2=Pc2c(C)cc(C)cc2C)cc1. The number of hydrogen-bond donors (Lipinski definition) is 0. The second kappa shape index (κ2) is 15.7. The molecule has 2 heteroatoms. The molecule has 0 atom stereocenters. The Kier molecular flexibility index (Phi) is 11.7. The molecule has 5 rings (SSSR count). The molecule has 0 heterocycles. The summed E-state index contributed by atoms with van der Waals surface area (Å²) in [6.45, 7) is 18.0. The first kappa shape index (κ1) is 34.3. The molecule has 0 aliphatic heterocycles. The van der Waals surface area contributed by atoms with E-state index in [0.717, 1.165) is 0 Å². The first-order valence-electron chi connectivity index (χ1n) is 17.3. The topological polar surface area (TPSA) is 0 Å². The highest BCUT2D eigenvalue weighted by molar-refractivity contribution is 7.42. The zero-order valence-electron chi connectivity index (χ0n) is 29.5. The summed E-state index contributed by atoms with van der Waals surface area (Å²) in [6, 6.07) is 27.8. The molecule has 0 amide bonds. The molecule has 0 aliphatic carbocycles. The van der Waals surface area contributed by atoms with Crippen LogP contribution in [0.1, 0.15) is 92.4 Å². The van der Waals surface area contributed by atoms with E-state index >= 15 is 0 Å². The minimum atomic E-state index is 1.17. The van der Waals surface area contributed by atoms with Crippen molar-refractivity contribution in [2.45, 2.75) is 107 Å². The Morgan fingerprint density at radius 1 is 0.370 bits per heavy atom. The third-order valence-corrected chi connectivity index (χ3v) is 12.9. The van der Waals surface area contributed by atoms with Crippen LogP contribution in [0.4, 0.5) is 0 Å². The molecule has 5 aromatic carbocycles. The minimum absolute atomic E-state index is 1.17. The van der Waals surface area contributed by atoms with Gasteiger partial charge < -0.3 is 0 Å². The van der Waals surface area contributed by atoms with Gasteiger partial charge in [-0.05, 0) is 151 Å². The molecule has 46 heavy (non-hydrogen) atoms. The van der Waals surface area contributed by atoms with Crippen LogP contribution in [0.5, 0.6) is 0 Å². The molecule has 5 aromatic rings. The second-order valence-electron chi connectivity index (χ2n) is 13.8. The van der Waals surface area contributed by atoms with Gasteiger partial charge in [0.2, 0.25) is 0 Å². The van der Waals surface area contributed by atoms with E-state index in [1.54, 1.807) is 21.0 Å². The molecular weight excluding hydrogens is 590 g/mol. The van der Waals surface area contributed by atoms with Gasteiger partial charge in [0.05, 0.1) is 0 Å². The van der Waals surface area contributed by atoms with Gasteiger partial charge in [0.1, 0.15) is 0 Å². The summed E-state index contributed by atoms with van der Waals surface area (Å²) in [5, 5.41) is 3.00. The Bertz CT molecular complexity index is 1710. The van der Waals surface area contributed by atoms with E-state index in [0.29, 0.717) is 0 Å². The summed E-state index contributed by atoms with van der Waals surface area (Å²) in [7, 11) is 2.78. The molecule has 0 saturated carbocycles. The van der Waals surface area contributed by atoms with Crippen LogP contribution >= 0.6 is 16.4 Å². The summed E-state index contributed by atoms with van der Waals surface area (Å²) in [5.41, 5.74) is 17.4. The van der Waals surface area contributed by atoms with E-state index in [1.165, 1.54) is 134 Å². The van der Waals surface area contributed by atoms with Crippen molar-refractivity contribution in [3.63, 3.8) is 0 Å². The van der Waals surface area contributed by atoms with Crippen molar-refractivity contribution in [1.29, 1.82) is 0 Å². The van der Waals surface area contributed by atoms with Crippen LogP contribution in [0, 0.1) is 65.3 Å². The van der Waals surface area contributed by atoms with Crippen molar-refractivity contribution in [3.05, 3.63) is 149 Å². The quantitative estimate of drug-likeness (QED) is 0.0938. The van der Waals surface area contributed by atoms with Crippen LogP contribution in [-0.2, 0) is 25.7 Å². The monoisotopic (exact) mass is 642 g/mol. The van der Waals surface area contributed by atoms with Gasteiger partial charge in [0.25, 0.3) is 0 Å². The summed E-state index contributed by atoms with van der Waals surface area (Å²) in [4.78, 5) is 3.22. The normalized spacial score (nSPS) is 12.4. The van der Waals surface area contributed by atoms with Crippen molar-refractivity contribution in [3.8, 4) is 0 Å². The molecular formula is C44H52P2. The summed E-state index contributed by atoms with van der Waals surface area (Å²) >= 11 is 0. The number of hydrogen-bond acceptors (Lipinski definition) is 0. The number of unbranched alkanes of at least 4 members (excludes halogenated alkanes) is 2. The van der Waals surface area contributed by atoms with Crippen LogP contribution in [0.3, 0.4) is 0 Å². The predicted octanol–water partition coefficient (Wildman–Crippen LogP) is 11.8. The first-order chi connectivity index (χ1) is 22.1. The fourth-order valence-electron chi connectivity index (χ4n) is 6.98. The maximum Gasteiger partial charge on any atom is 0.0180 e. The van der Waals surface area contributed by atoms with Gasteiger partial charge in [0, 0.05) is 20.5 Å². The average molecular weight is 643 g/mol. The Morgan fingerprint density at radius 2 is 0.674 bits per heavy atom. The lowest BCUT2D eigenvalue weighted by atomic mass is 9.92. The lowest BCUT2D eigenvalue weighted by Crippen LogP contribution is -2.10. The maximum absolute atomic E-state index is 2.37. The van der Waals surface area contributed by atoms with E-state index < -0.39 is 0 Å². The fraction of sp³-hybridized carbons (Fsp3) is 0.364. The van der Waals surface area contributed by atoms with Gasteiger partial charge in [0.15, 0.2) is 0 Å². The van der Waals surface area contributed by atoms with Crippen molar-refractivity contribution in [2.24, 2.45) is 0 Å². The van der Waals surface area contributed by atoms with Gasteiger partial charge in [-0.1, -0.05) is 111 Å². The highest BCUT2D eigenvalue weighted by Crippen LogP contribution is 2.33. The van der Waals surface area contributed by atoms with Crippen molar-refractivity contribution >= 4 is 27.0 Å². The minimum Gasteiger partial charge on any atom is -0.0591 e. The summed E-state index contributed by atoms with van der Waals surface area (Å²) < 4.78 is 0. The second-order valence-corrected chi connectivity index (χ2v) is 16.0. The van der Waals surface area contributed by atoms with Crippen LogP contribution < -0.4 is 10.6 Å². The van der Waals surface area contributed by atoms with Gasteiger partial charge in [-0.15, -0.1) is 0 Å². The van der Waals surface area contributed by atoms with E-state index in [2.05, 4.69) is 128 Å². The zero-order valence-corrected chi connectivity index (χ0v) is 31.3. The summed E-state index contributed by atoms with van der Waals surface area (Å²) in [6.07, 6.45) is 9.68. The zero-order chi connectivity index (χ0) is 32.8. The third kappa shape index (κ3) is 8.65. The molecule has 0 fully saturated rings. The highest BCUT2D eigenvalue weighted by Gasteiger charge is 2.17. The fourth-order valence-corrected chi connectivity index (χ4v) is 9.94. The van der Waals surface area contributed by atoms with Crippen molar-refractivity contribution in [2.75, 3.05) is 0 Å². The Balaban J connectivity index is 1.52. The largest absolute Gasteiger partial charge is 0.0591 e. The smallest absolute Gasteiger partial charge is 0.0180 e.